The average Bonchev–Trinajstić information content (AvgIpc) is 2.54. The number of thioether (sulfide) groups is 1. The smallest absolute Gasteiger partial charge is 0.219 e. The molecular weight excluding hydrogens is 304 g/mol. The van der Waals surface area contributed by atoms with Crippen molar-refractivity contribution in [2.75, 3.05) is 19.6 Å². The van der Waals surface area contributed by atoms with Crippen molar-refractivity contribution in [3.8, 4) is 0 Å². The lowest BCUT2D eigenvalue weighted by molar-refractivity contribution is -0.130. The number of rotatable bonds is 7. The first-order valence-electron chi connectivity index (χ1n) is 9.69. The lowest BCUT2D eigenvalue weighted by Crippen LogP contribution is -2.43. The van der Waals surface area contributed by atoms with Gasteiger partial charge in [-0.25, -0.2) is 0 Å². The monoisotopic (exact) mass is 340 g/mol. The Kier molecular flexibility index (Phi) is 8.25. The van der Waals surface area contributed by atoms with Crippen molar-refractivity contribution in [1.29, 1.82) is 0 Å². The van der Waals surface area contributed by atoms with Gasteiger partial charge in [0.25, 0.3) is 0 Å². The van der Waals surface area contributed by atoms with Gasteiger partial charge in [-0.15, -0.1) is 0 Å². The first-order valence-corrected chi connectivity index (χ1v) is 10.6. The molecule has 4 heteroatoms. The molecule has 0 aromatic heterocycles. The summed E-state index contributed by atoms with van der Waals surface area (Å²) in [4.78, 5) is 13.5. The van der Waals surface area contributed by atoms with Crippen LogP contribution in [-0.4, -0.2) is 47.0 Å². The minimum atomic E-state index is 0.236. The number of carbonyl (C=O) groups excluding carboxylic acids is 1. The van der Waals surface area contributed by atoms with Crippen LogP contribution in [0.2, 0.25) is 0 Å². The molecule has 0 bridgehead atoms. The molecule has 23 heavy (non-hydrogen) atoms. The molecule has 1 aliphatic carbocycles. The molecule has 0 radical (unpaired) electrons. The molecule has 2 rings (SSSR count). The van der Waals surface area contributed by atoms with E-state index in [2.05, 4.69) is 30.9 Å². The first-order chi connectivity index (χ1) is 11.0. The largest absolute Gasteiger partial charge is 0.343 e. The number of amides is 1. The van der Waals surface area contributed by atoms with E-state index in [4.69, 9.17) is 0 Å². The van der Waals surface area contributed by atoms with Gasteiger partial charge in [-0.2, -0.15) is 11.8 Å². The molecule has 0 spiro atoms. The summed E-state index contributed by atoms with van der Waals surface area (Å²) in [5.74, 6) is 0.872. The van der Waals surface area contributed by atoms with Crippen LogP contribution in [0, 0.1) is 5.92 Å². The van der Waals surface area contributed by atoms with E-state index in [1.165, 1.54) is 44.9 Å². The summed E-state index contributed by atoms with van der Waals surface area (Å²) in [6, 6.07) is 0.578. The lowest BCUT2D eigenvalue weighted by Gasteiger charge is -2.33. The predicted octanol–water partition coefficient (Wildman–Crippen LogP) is 4.07. The Bertz CT molecular complexity index is 357. The van der Waals surface area contributed by atoms with E-state index in [-0.39, 0.29) is 5.91 Å². The minimum Gasteiger partial charge on any atom is -0.343 e. The summed E-state index contributed by atoms with van der Waals surface area (Å²) < 4.78 is 0. The Morgan fingerprint density at radius 1 is 1.17 bits per heavy atom. The van der Waals surface area contributed by atoms with Gasteiger partial charge in [0, 0.05) is 36.6 Å². The van der Waals surface area contributed by atoms with Gasteiger partial charge in [0.2, 0.25) is 5.91 Å². The Balaban J connectivity index is 1.62. The molecule has 0 aromatic rings. The summed E-state index contributed by atoms with van der Waals surface area (Å²) in [6.45, 7) is 9.38. The maximum atomic E-state index is 11.5. The van der Waals surface area contributed by atoms with Crippen LogP contribution in [0.25, 0.3) is 0 Å². The molecule has 1 N–H and O–H groups in total. The zero-order valence-electron chi connectivity index (χ0n) is 15.4. The Morgan fingerprint density at radius 3 is 2.61 bits per heavy atom. The standard InChI is InChI=1S/C19H36N2OS/c1-15(12-16(2)23-19-9-5-4-6-10-19)20-13-18-8-7-11-21(14-18)17(3)22/h15-16,18-20H,4-14H2,1-3H3. The number of likely N-dealkylation sites (tertiary alicyclic amines) is 1. The van der Waals surface area contributed by atoms with E-state index in [0.717, 1.165) is 36.6 Å². The third kappa shape index (κ3) is 7.04. The highest BCUT2D eigenvalue weighted by Crippen LogP contribution is 2.32. The van der Waals surface area contributed by atoms with Gasteiger partial charge in [0.1, 0.15) is 0 Å². The highest BCUT2D eigenvalue weighted by atomic mass is 32.2. The van der Waals surface area contributed by atoms with E-state index < -0.39 is 0 Å². The number of piperidine rings is 1. The quantitative estimate of drug-likeness (QED) is 0.758. The highest BCUT2D eigenvalue weighted by Gasteiger charge is 2.22. The Hall–Kier alpha value is -0.220. The van der Waals surface area contributed by atoms with Gasteiger partial charge in [-0.05, 0) is 51.5 Å². The van der Waals surface area contributed by atoms with E-state index in [1.54, 1.807) is 6.92 Å². The van der Waals surface area contributed by atoms with Crippen LogP contribution in [0.4, 0.5) is 0 Å². The van der Waals surface area contributed by atoms with Gasteiger partial charge < -0.3 is 10.2 Å². The van der Waals surface area contributed by atoms with Crippen LogP contribution < -0.4 is 5.32 Å². The topological polar surface area (TPSA) is 32.3 Å². The Labute approximate surface area is 147 Å². The van der Waals surface area contributed by atoms with Crippen molar-refractivity contribution < 1.29 is 4.79 Å². The lowest BCUT2D eigenvalue weighted by atomic mass is 9.97. The number of carbonyl (C=O) groups is 1. The number of hydrogen-bond acceptors (Lipinski definition) is 3. The third-order valence-electron chi connectivity index (χ3n) is 5.38. The van der Waals surface area contributed by atoms with E-state index >= 15 is 0 Å². The second kappa shape index (κ2) is 9.93. The van der Waals surface area contributed by atoms with E-state index in [0.29, 0.717) is 12.0 Å². The highest BCUT2D eigenvalue weighted by molar-refractivity contribution is 8.00. The predicted molar refractivity (Wildman–Crippen MR) is 101 cm³/mol. The van der Waals surface area contributed by atoms with Gasteiger partial charge >= 0.3 is 0 Å². The molecule has 1 saturated carbocycles. The normalized spacial score (nSPS) is 26.0. The molecule has 1 saturated heterocycles. The summed E-state index contributed by atoms with van der Waals surface area (Å²) in [5, 5.41) is 5.39. The number of nitrogens with one attached hydrogen (secondary N) is 1. The van der Waals surface area contributed by atoms with Crippen LogP contribution in [-0.2, 0) is 4.79 Å². The van der Waals surface area contributed by atoms with Gasteiger partial charge in [0.15, 0.2) is 0 Å². The molecule has 1 aliphatic heterocycles. The van der Waals surface area contributed by atoms with Crippen LogP contribution >= 0.6 is 11.8 Å². The summed E-state index contributed by atoms with van der Waals surface area (Å²) in [6.07, 6.45) is 10.9. The summed E-state index contributed by atoms with van der Waals surface area (Å²) in [5.41, 5.74) is 0. The van der Waals surface area contributed by atoms with Gasteiger partial charge in [-0.1, -0.05) is 26.2 Å². The molecule has 0 aromatic carbocycles. The molecule has 1 heterocycles. The van der Waals surface area contributed by atoms with Crippen molar-refractivity contribution >= 4 is 17.7 Å². The van der Waals surface area contributed by atoms with Gasteiger partial charge in [0.05, 0.1) is 0 Å². The number of nitrogens with zero attached hydrogens (tertiary/aromatic N) is 1. The SMILES string of the molecule is CC(=O)N1CCCC(CNC(C)CC(C)SC2CCCCC2)C1. The third-order valence-corrected chi connectivity index (χ3v) is 6.90. The maximum Gasteiger partial charge on any atom is 0.219 e. The summed E-state index contributed by atoms with van der Waals surface area (Å²) >= 11 is 2.22. The van der Waals surface area contributed by atoms with Crippen molar-refractivity contribution in [2.45, 2.75) is 88.7 Å². The molecular formula is C19H36N2OS. The minimum absolute atomic E-state index is 0.236. The maximum absolute atomic E-state index is 11.5. The van der Waals surface area contributed by atoms with Crippen molar-refractivity contribution in [1.82, 2.24) is 10.2 Å². The van der Waals surface area contributed by atoms with E-state index in [9.17, 15) is 4.79 Å². The molecule has 3 nitrogen and oxygen atoms in total. The molecule has 2 aliphatic rings. The fourth-order valence-corrected chi connectivity index (χ4v) is 5.71. The van der Waals surface area contributed by atoms with Crippen LogP contribution in [0.15, 0.2) is 0 Å². The van der Waals surface area contributed by atoms with Crippen LogP contribution in [0.5, 0.6) is 0 Å². The molecule has 3 atom stereocenters. The summed E-state index contributed by atoms with van der Waals surface area (Å²) in [7, 11) is 0. The van der Waals surface area contributed by atoms with Crippen molar-refractivity contribution in [3.63, 3.8) is 0 Å². The average molecular weight is 341 g/mol. The van der Waals surface area contributed by atoms with Crippen LogP contribution in [0.3, 0.4) is 0 Å². The fourth-order valence-electron chi connectivity index (χ4n) is 4.05. The molecule has 3 unspecified atom stereocenters. The van der Waals surface area contributed by atoms with Crippen LogP contribution in [0.1, 0.15) is 72.1 Å². The molecule has 1 amide bonds. The second-order valence-electron chi connectivity index (χ2n) is 7.73. The Morgan fingerprint density at radius 2 is 1.91 bits per heavy atom. The molecule has 134 valence electrons. The first kappa shape index (κ1) is 19.1. The fraction of sp³-hybridized carbons (Fsp3) is 0.947. The van der Waals surface area contributed by atoms with Gasteiger partial charge in [-0.3, -0.25) is 4.79 Å². The van der Waals surface area contributed by atoms with E-state index in [1.807, 2.05) is 4.90 Å². The zero-order valence-corrected chi connectivity index (χ0v) is 16.2. The zero-order chi connectivity index (χ0) is 16.7. The second-order valence-corrected chi connectivity index (χ2v) is 9.47. The molecule has 2 fully saturated rings. The number of hydrogen-bond donors (Lipinski definition) is 1. The van der Waals surface area contributed by atoms with Crippen molar-refractivity contribution in [2.24, 2.45) is 5.92 Å². The van der Waals surface area contributed by atoms with Crippen molar-refractivity contribution in [3.05, 3.63) is 0 Å².